The van der Waals surface area contributed by atoms with E-state index in [0.717, 1.165) is 5.76 Å². The summed E-state index contributed by atoms with van der Waals surface area (Å²) in [7, 11) is 0. The first-order valence-corrected chi connectivity index (χ1v) is 7.82. The number of H-pyrrole nitrogens is 1. The van der Waals surface area contributed by atoms with Crippen molar-refractivity contribution in [2.24, 2.45) is 0 Å². The van der Waals surface area contributed by atoms with Crippen molar-refractivity contribution in [3.63, 3.8) is 0 Å². The molecule has 0 bridgehead atoms. The monoisotopic (exact) mass is 357 g/mol. The zero-order valence-electron chi connectivity index (χ0n) is 13.8. The summed E-state index contributed by atoms with van der Waals surface area (Å²) in [6.07, 6.45) is -0.341. The van der Waals surface area contributed by atoms with Crippen molar-refractivity contribution >= 4 is 11.9 Å². The Morgan fingerprint density at radius 1 is 1.27 bits per heavy atom. The Kier molecular flexibility index (Phi) is 4.83. The molecule has 0 aliphatic carbocycles. The maximum atomic E-state index is 13.1. The molecule has 2 aromatic heterocycles. The number of aromatic nitrogens is 2. The molecule has 0 aliphatic heterocycles. The van der Waals surface area contributed by atoms with Gasteiger partial charge >= 0.3 is 5.97 Å². The van der Waals surface area contributed by atoms with Crippen molar-refractivity contribution < 1.29 is 23.5 Å². The predicted molar refractivity (Wildman–Crippen MR) is 89.9 cm³/mol. The smallest absolute Gasteiger partial charge is 0.305 e. The fraction of sp³-hybridized carbons (Fsp3) is 0.167. The summed E-state index contributed by atoms with van der Waals surface area (Å²) < 4.78 is 18.5. The van der Waals surface area contributed by atoms with Crippen molar-refractivity contribution in [1.82, 2.24) is 15.5 Å². The van der Waals surface area contributed by atoms with Crippen LogP contribution >= 0.6 is 0 Å². The van der Waals surface area contributed by atoms with E-state index < -0.39 is 23.7 Å². The molecule has 3 aromatic rings. The molecule has 1 atom stereocenters. The van der Waals surface area contributed by atoms with Crippen LogP contribution in [0.4, 0.5) is 4.39 Å². The van der Waals surface area contributed by atoms with Gasteiger partial charge in [0.05, 0.1) is 12.5 Å². The van der Waals surface area contributed by atoms with Gasteiger partial charge < -0.3 is 14.8 Å². The number of hydrogen-bond donors (Lipinski definition) is 3. The molecule has 2 heterocycles. The molecule has 1 amide bonds. The van der Waals surface area contributed by atoms with Crippen LogP contribution in [0, 0.1) is 12.7 Å². The number of aliphatic carboxylic acids is 1. The van der Waals surface area contributed by atoms with E-state index >= 15 is 0 Å². The van der Waals surface area contributed by atoms with Gasteiger partial charge in [0.25, 0.3) is 5.91 Å². The second-order valence-corrected chi connectivity index (χ2v) is 5.75. The summed E-state index contributed by atoms with van der Waals surface area (Å²) in [6, 6.07) is 9.52. The number of rotatable bonds is 6. The SMILES string of the molecule is Cc1ccc(-c2cc(C(=O)N[C@H](CC(=O)O)c3ccc(F)cc3)n[nH]2)o1. The Morgan fingerprint density at radius 2 is 2.00 bits per heavy atom. The van der Waals surface area contributed by atoms with Gasteiger partial charge in [0.15, 0.2) is 11.5 Å². The van der Waals surface area contributed by atoms with E-state index in [1.54, 1.807) is 19.1 Å². The molecule has 3 rings (SSSR count). The minimum absolute atomic E-state index is 0.0894. The van der Waals surface area contributed by atoms with E-state index in [1.165, 1.54) is 30.3 Å². The number of carboxylic acid groups (broad SMARTS) is 1. The van der Waals surface area contributed by atoms with Crippen molar-refractivity contribution in [3.8, 4) is 11.5 Å². The van der Waals surface area contributed by atoms with E-state index in [1.807, 2.05) is 0 Å². The number of amides is 1. The number of halogens is 1. The molecule has 0 aliphatic rings. The zero-order valence-corrected chi connectivity index (χ0v) is 13.8. The lowest BCUT2D eigenvalue weighted by Gasteiger charge is -2.16. The van der Waals surface area contributed by atoms with Crippen molar-refractivity contribution in [2.75, 3.05) is 0 Å². The fourth-order valence-electron chi connectivity index (χ4n) is 2.50. The molecule has 0 fully saturated rings. The minimum Gasteiger partial charge on any atom is -0.481 e. The Hall–Kier alpha value is -3.42. The Morgan fingerprint density at radius 3 is 2.62 bits per heavy atom. The highest BCUT2D eigenvalue weighted by Crippen LogP contribution is 2.22. The quantitative estimate of drug-likeness (QED) is 0.628. The minimum atomic E-state index is -1.09. The standard InChI is InChI=1S/C18H16FN3O4/c1-10-2-7-16(26-10)14-8-15(22-21-14)18(25)20-13(9-17(23)24)11-3-5-12(19)6-4-11/h2-8,13H,9H2,1H3,(H,20,25)(H,21,22)(H,23,24)/t13-/m1/s1. The summed E-state index contributed by atoms with van der Waals surface area (Å²) in [5.41, 5.74) is 1.10. The molecule has 134 valence electrons. The molecule has 3 N–H and O–H groups in total. The first-order chi connectivity index (χ1) is 12.4. The molecule has 26 heavy (non-hydrogen) atoms. The van der Waals surface area contributed by atoms with Gasteiger partial charge in [0.2, 0.25) is 0 Å². The van der Waals surface area contributed by atoms with E-state index in [4.69, 9.17) is 9.52 Å². The van der Waals surface area contributed by atoms with Gasteiger partial charge in [-0.15, -0.1) is 0 Å². The van der Waals surface area contributed by atoms with Crippen LogP contribution < -0.4 is 5.32 Å². The molecule has 7 nitrogen and oxygen atoms in total. The predicted octanol–water partition coefficient (Wildman–Crippen LogP) is 3.06. The number of hydrogen-bond acceptors (Lipinski definition) is 4. The molecule has 0 radical (unpaired) electrons. The van der Waals surface area contributed by atoms with Gasteiger partial charge in [-0.3, -0.25) is 14.7 Å². The first kappa shape index (κ1) is 17.4. The molecule has 8 heteroatoms. The maximum absolute atomic E-state index is 13.1. The van der Waals surface area contributed by atoms with Crippen molar-refractivity contribution in [1.29, 1.82) is 0 Å². The van der Waals surface area contributed by atoms with Crippen LogP contribution in [-0.2, 0) is 4.79 Å². The van der Waals surface area contributed by atoms with Crippen LogP contribution in [0.1, 0.15) is 34.3 Å². The fourth-order valence-corrected chi connectivity index (χ4v) is 2.50. The number of aryl methyl sites for hydroxylation is 1. The largest absolute Gasteiger partial charge is 0.481 e. The molecular formula is C18H16FN3O4. The molecular weight excluding hydrogens is 341 g/mol. The summed E-state index contributed by atoms with van der Waals surface area (Å²) in [5, 5.41) is 18.3. The van der Waals surface area contributed by atoms with Gasteiger partial charge in [-0.2, -0.15) is 5.10 Å². The number of carbonyl (C=O) groups excluding carboxylic acids is 1. The number of nitrogens with one attached hydrogen (secondary N) is 2. The number of nitrogens with zero attached hydrogens (tertiary/aromatic N) is 1. The lowest BCUT2D eigenvalue weighted by atomic mass is 10.0. The van der Waals surface area contributed by atoms with Gasteiger partial charge in [-0.05, 0) is 36.8 Å². The van der Waals surface area contributed by atoms with E-state index in [-0.39, 0.29) is 12.1 Å². The highest BCUT2D eigenvalue weighted by molar-refractivity contribution is 5.93. The Labute approximate surface area is 147 Å². The summed E-state index contributed by atoms with van der Waals surface area (Å²) in [4.78, 5) is 23.5. The van der Waals surface area contributed by atoms with Crippen molar-refractivity contribution in [2.45, 2.75) is 19.4 Å². The van der Waals surface area contributed by atoms with E-state index in [2.05, 4.69) is 15.5 Å². The van der Waals surface area contributed by atoms with Crippen LogP contribution in [0.2, 0.25) is 0 Å². The highest BCUT2D eigenvalue weighted by atomic mass is 19.1. The van der Waals surface area contributed by atoms with Crippen LogP contribution in [-0.4, -0.2) is 27.2 Å². The van der Waals surface area contributed by atoms with E-state index in [9.17, 15) is 14.0 Å². The number of carbonyl (C=O) groups is 2. The third-order valence-electron chi connectivity index (χ3n) is 3.77. The van der Waals surface area contributed by atoms with Crippen LogP contribution in [0.3, 0.4) is 0 Å². The second kappa shape index (κ2) is 7.22. The third-order valence-corrected chi connectivity index (χ3v) is 3.77. The number of carboxylic acids is 1. The summed E-state index contributed by atoms with van der Waals surface area (Å²) in [6.45, 7) is 1.80. The Bertz CT molecular complexity index is 930. The number of furan rings is 1. The first-order valence-electron chi connectivity index (χ1n) is 7.82. The van der Waals surface area contributed by atoms with E-state index in [0.29, 0.717) is 17.0 Å². The molecule has 0 saturated carbocycles. The van der Waals surface area contributed by atoms with Gasteiger partial charge in [0.1, 0.15) is 17.3 Å². The molecule has 0 spiro atoms. The zero-order chi connectivity index (χ0) is 18.7. The normalized spacial score (nSPS) is 11.9. The third kappa shape index (κ3) is 3.97. The lowest BCUT2D eigenvalue weighted by Crippen LogP contribution is -2.30. The van der Waals surface area contributed by atoms with Crippen LogP contribution in [0.15, 0.2) is 46.9 Å². The summed E-state index contributed by atoms with van der Waals surface area (Å²) in [5.74, 6) is -0.826. The maximum Gasteiger partial charge on any atom is 0.305 e. The lowest BCUT2D eigenvalue weighted by molar-refractivity contribution is -0.137. The van der Waals surface area contributed by atoms with Crippen LogP contribution in [0.25, 0.3) is 11.5 Å². The van der Waals surface area contributed by atoms with Crippen molar-refractivity contribution in [3.05, 3.63) is 65.3 Å². The van der Waals surface area contributed by atoms with Gasteiger partial charge in [-0.25, -0.2) is 4.39 Å². The average molecular weight is 357 g/mol. The summed E-state index contributed by atoms with van der Waals surface area (Å²) >= 11 is 0. The number of benzene rings is 1. The van der Waals surface area contributed by atoms with Gasteiger partial charge in [0, 0.05) is 6.07 Å². The molecule has 1 aromatic carbocycles. The number of aromatic amines is 1. The molecule has 0 unspecified atom stereocenters. The van der Waals surface area contributed by atoms with Crippen LogP contribution in [0.5, 0.6) is 0 Å². The second-order valence-electron chi connectivity index (χ2n) is 5.75. The average Bonchev–Trinajstić information content (AvgIpc) is 3.23. The molecule has 0 saturated heterocycles. The van der Waals surface area contributed by atoms with Gasteiger partial charge in [-0.1, -0.05) is 12.1 Å². The Balaban J connectivity index is 1.78. The highest BCUT2D eigenvalue weighted by Gasteiger charge is 2.21. The topological polar surface area (TPSA) is 108 Å².